The maximum atomic E-state index is 11.8. The summed E-state index contributed by atoms with van der Waals surface area (Å²) in [6, 6.07) is 25.3. The van der Waals surface area contributed by atoms with E-state index in [0.29, 0.717) is 10.6 Å². The monoisotopic (exact) mass is 433 g/mol. The van der Waals surface area contributed by atoms with Crippen molar-refractivity contribution in [3.63, 3.8) is 0 Å². The standard InChI is InChI=1S/C23H16ClN3O2S/c1-30(28,29)21-12-10-20(11-13-21)27-23(18-4-2-16(15-25)3-5-18)14-22(26-27)17-6-8-19(24)9-7-17/h2-14H,1H3. The third kappa shape index (κ3) is 3.99. The van der Waals surface area contributed by atoms with Gasteiger partial charge in [0.05, 0.1) is 33.6 Å². The molecule has 0 amide bonds. The number of halogens is 1. The Balaban J connectivity index is 1.86. The molecule has 1 heterocycles. The molecular weight excluding hydrogens is 418 g/mol. The minimum atomic E-state index is -3.29. The molecule has 4 rings (SSSR count). The van der Waals surface area contributed by atoms with Gasteiger partial charge in [0.1, 0.15) is 0 Å². The maximum Gasteiger partial charge on any atom is 0.175 e. The fourth-order valence-electron chi connectivity index (χ4n) is 3.10. The number of benzene rings is 3. The number of nitrogens with zero attached hydrogens (tertiary/aromatic N) is 3. The Bertz CT molecular complexity index is 1350. The molecule has 0 aliphatic rings. The molecule has 0 spiro atoms. The Morgan fingerprint density at radius 2 is 1.50 bits per heavy atom. The summed E-state index contributed by atoms with van der Waals surface area (Å²) in [6.07, 6.45) is 1.18. The molecule has 148 valence electrons. The molecule has 30 heavy (non-hydrogen) atoms. The quantitative estimate of drug-likeness (QED) is 0.446. The minimum Gasteiger partial charge on any atom is -0.232 e. The van der Waals surface area contributed by atoms with Crippen LogP contribution in [0.3, 0.4) is 0 Å². The lowest BCUT2D eigenvalue weighted by atomic mass is 10.1. The average Bonchev–Trinajstić information content (AvgIpc) is 3.19. The third-order valence-electron chi connectivity index (χ3n) is 4.67. The van der Waals surface area contributed by atoms with Crippen LogP contribution in [-0.4, -0.2) is 24.5 Å². The predicted molar refractivity (Wildman–Crippen MR) is 117 cm³/mol. The highest BCUT2D eigenvalue weighted by Gasteiger charge is 2.14. The van der Waals surface area contributed by atoms with Crippen LogP contribution in [0.4, 0.5) is 0 Å². The molecule has 0 saturated heterocycles. The van der Waals surface area contributed by atoms with Crippen molar-refractivity contribution in [2.45, 2.75) is 4.90 Å². The van der Waals surface area contributed by atoms with Crippen LogP contribution in [0.2, 0.25) is 5.02 Å². The number of sulfone groups is 1. The molecule has 0 aliphatic heterocycles. The summed E-state index contributed by atoms with van der Waals surface area (Å²) in [4.78, 5) is 0.247. The van der Waals surface area contributed by atoms with E-state index < -0.39 is 9.84 Å². The van der Waals surface area contributed by atoms with Gasteiger partial charge in [-0.1, -0.05) is 35.9 Å². The first kappa shape index (κ1) is 19.9. The van der Waals surface area contributed by atoms with E-state index in [4.69, 9.17) is 22.0 Å². The van der Waals surface area contributed by atoms with Crippen molar-refractivity contribution in [1.82, 2.24) is 9.78 Å². The molecule has 3 aromatic carbocycles. The second-order valence-electron chi connectivity index (χ2n) is 6.79. The molecule has 0 N–H and O–H groups in total. The molecule has 0 atom stereocenters. The lowest BCUT2D eigenvalue weighted by Crippen LogP contribution is -2.01. The molecule has 7 heteroatoms. The van der Waals surface area contributed by atoms with Gasteiger partial charge in [0.25, 0.3) is 0 Å². The van der Waals surface area contributed by atoms with E-state index in [1.165, 1.54) is 6.26 Å². The molecule has 0 aliphatic carbocycles. The lowest BCUT2D eigenvalue weighted by molar-refractivity contribution is 0.602. The van der Waals surface area contributed by atoms with Crippen molar-refractivity contribution in [2.75, 3.05) is 6.26 Å². The Morgan fingerprint density at radius 3 is 2.07 bits per heavy atom. The molecule has 0 fully saturated rings. The fourth-order valence-corrected chi connectivity index (χ4v) is 3.85. The molecule has 0 saturated carbocycles. The van der Waals surface area contributed by atoms with Crippen molar-refractivity contribution in [3.8, 4) is 34.3 Å². The zero-order valence-electron chi connectivity index (χ0n) is 15.9. The van der Waals surface area contributed by atoms with Gasteiger partial charge in [0, 0.05) is 22.4 Å². The lowest BCUT2D eigenvalue weighted by Gasteiger charge is -2.08. The summed E-state index contributed by atoms with van der Waals surface area (Å²) in [6.45, 7) is 0. The molecule has 4 aromatic rings. The Kier molecular flexibility index (Phi) is 5.17. The highest BCUT2D eigenvalue weighted by Crippen LogP contribution is 2.30. The van der Waals surface area contributed by atoms with E-state index in [9.17, 15) is 8.42 Å². The summed E-state index contributed by atoms with van der Waals surface area (Å²) in [7, 11) is -3.29. The second kappa shape index (κ2) is 7.79. The number of nitriles is 1. The average molecular weight is 434 g/mol. The summed E-state index contributed by atoms with van der Waals surface area (Å²) < 4.78 is 25.3. The van der Waals surface area contributed by atoms with Gasteiger partial charge in [-0.2, -0.15) is 10.4 Å². The van der Waals surface area contributed by atoms with Crippen LogP contribution in [0.5, 0.6) is 0 Å². The summed E-state index contributed by atoms with van der Waals surface area (Å²) in [5.41, 5.74) is 4.65. The summed E-state index contributed by atoms with van der Waals surface area (Å²) in [5, 5.41) is 14.5. The van der Waals surface area contributed by atoms with Crippen LogP contribution >= 0.6 is 11.6 Å². The number of hydrogen-bond acceptors (Lipinski definition) is 4. The van der Waals surface area contributed by atoms with Crippen LogP contribution in [0.15, 0.2) is 83.8 Å². The first-order valence-electron chi connectivity index (χ1n) is 9.02. The van der Waals surface area contributed by atoms with Crippen LogP contribution in [0.25, 0.3) is 28.2 Å². The maximum absolute atomic E-state index is 11.8. The highest BCUT2D eigenvalue weighted by atomic mass is 35.5. The molecule has 0 bridgehead atoms. The Labute approximate surface area is 179 Å². The topological polar surface area (TPSA) is 75.8 Å². The first-order valence-corrected chi connectivity index (χ1v) is 11.3. The molecular formula is C23H16ClN3O2S. The van der Waals surface area contributed by atoms with Crippen LogP contribution in [0.1, 0.15) is 5.56 Å². The van der Waals surface area contributed by atoms with E-state index in [-0.39, 0.29) is 4.90 Å². The van der Waals surface area contributed by atoms with E-state index in [0.717, 1.165) is 28.2 Å². The van der Waals surface area contributed by atoms with Crippen molar-refractivity contribution in [1.29, 1.82) is 5.26 Å². The summed E-state index contributed by atoms with van der Waals surface area (Å²) in [5.74, 6) is 0. The SMILES string of the molecule is CS(=O)(=O)c1ccc(-n2nc(-c3ccc(Cl)cc3)cc2-c2ccc(C#N)cc2)cc1. The largest absolute Gasteiger partial charge is 0.232 e. The zero-order valence-corrected chi connectivity index (χ0v) is 17.5. The normalized spacial score (nSPS) is 11.2. The predicted octanol–water partition coefficient (Wildman–Crippen LogP) is 5.13. The van der Waals surface area contributed by atoms with Crippen LogP contribution in [0, 0.1) is 11.3 Å². The van der Waals surface area contributed by atoms with Gasteiger partial charge in [0.15, 0.2) is 9.84 Å². The number of hydrogen-bond donors (Lipinski definition) is 0. The van der Waals surface area contributed by atoms with Crippen LogP contribution in [-0.2, 0) is 9.84 Å². The van der Waals surface area contributed by atoms with E-state index in [1.807, 2.05) is 30.3 Å². The van der Waals surface area contributed by atoms with Crippen molar-refractivity contribution in [2.24, 2.45) is 0 Å². The minimum absolute atomic E-state index is 0.247. The van der Waals surface area contributed by atoms with Crippen molar-refractivity contribution < 1.29 is 8.42 Å². The first-order chi connectivity index (χ1) is 14.3. The van der Waals surface area contributed by atoms with Gasteiger partial charge in [-0.05, 0) is 54.6 Å². The highest BCUT2D eigenvalue weighted by molar-refractivity contribution is 7.90. The zero-order chi connectivity index (χ0) is 21.3. The van der Waals surface area contributed by atoms with Gasteiger partial charge in [-0.15, -0.1) is 0 Å². The summed E-state index contributed by atoms with van der Waals surface area (Å²) >= 11 is 6.01. The van der Waals surface area contributed by atoms with Gasteiger partial charge >= 0.3 is 0 Å². The molecule has 1 aromatic heterocycles. The Hall–Kier alpha value is -3.40. The fraction of sp³-hybridized carbons (Fsp3) is 0.0435. The van der Waals surface area contributed by atoms with Gasteiger partial charge < -0.3 is 0 Å². The Morgan fingerprint density at radius 1 is 0.900 bits per heavy atom. The number of aromatic nitrogens is 2. The smallest absolute Gasteiger partial charge is 0.175 e. The van der Waals surface area contributed by atoms with E-state index >= 15 is 0 Å². The second-order valence-corrected chi connectivity index (χ2v) is 9.24. The molecule has 0 radical (unpaired) electrons. The number of rotatable bonds is 4. The molecule has 5 nitrogen and oxygen atoms in total. The van der Waals surface area contributed by atoms with Crippen LogP contribution < -0.4 is 0 Å². The molecule has 0 unspecified atom stereocenters. The van der Waals surface area contributed by atoms with Gasteiger partial charge in [-0.25, -0.2) is 13.1 Å². The van der Waals surface area contributed by atoms with Gasteiger partial charge in [0.2, 0.25) is 0 Å². The van der Waals surface area contributed by atoms with Crippen molar-refractivity contribution in [3.05, 3.63) is 89.4 Å². The van der Waals surface area contributed by atoms with Crippen molar-refractivity contribution >= 4 is 21.4 Å². The van der Waals surface area contributed by atoms with Gasteiger partial charge in [-0.3, -0.25) is 0 Å². The van der Waals surface area contributed by atoms with E-state index in [1.54, 1.807) is 53.2 Å². The van der Waals surface area contributed by atoms with E-state index in [2.05, 4.69) is 6.07 Å². The third-order valence-corrected chi connectivity index (χ3v) is 6.05.